The molecule has 1 aliphatic heterocycles. The summed E-state index contributed by atoms with van der Waals surface area (Å²) in [6.07, 6.45) is 0. The highest BCUT2D eigenvalue weighted by molar-refractivity contribution is 6.34. The Bertz CT molecular complexity index is 458. The second-order valence-corrected chi connectivity index (χ2v) is 5.34. The largest absolute Gasteiger partial charge is 0.398 e. The van der Waals surface area contributed by atoms with Crippen LogP contribution < -0.4 is 5.73 Å². The van der Waals surface area contributed by atoms with Gasteiger partial charge in [0, 0.05) is 31.4 Å². The second-order valence-electron chi connectivity index (χ2n) is 4.93. The Morgan fingerprint density at radius 1 is 1.47 bits per heavy atom. The number of piperazine rings is 1. The molecule has 0 bridgehead atoms. The summed E-state index contributed by atoms with van der Waals surface area (Å²) in [7, 11) is 0. The molecule has 1 aromatic carbocycles. The van der Waals surface area contributed by atoms with E-state index in [1.807, 2.05) is 4.90 Å². The van der Waals surface area contributed by atoms with E-state index in [2.05, 4.69) is 18.7 Å². The van der Waals surface area contributed by atoms with E-state index in [-0.39, 0.29) is 5.91 Å². The van der Waals surface area contributed by atoms with E-state index in [9.17, 15) is 4.79 Å². The Kier molecular flexibility index (Phi) is 4.32. The minimum atomic E-state index is -0.0642. The van der Waals surface area contributed by atoms with Gasteiger partial charge in [-0.1, -0.05) is 24.6 Å². The molecule has 1 aromatic rings. The number of amides is 1. The van der Waals surface area contributed by atoms with Crippen molar-refractivity contribution in [1.82, 2.24) is 9.80 Å². The van der Waals surface area contributed by atoms with Gasteiger partial charge in [0.15, 0.2) is 0 Å². The maximum absolute atomic E-state index is 12.5. The predicted molar refractivity (Wildman–Crippen MR) is 78.5 cm³/mol. The summed E-state index contributed by atoms with van der Waals surface area (Å²) in [5.41, 5.74) is 6.75. The van der Waals surface area contributed by atoms with Gasteiger partial charge in [-0.15, -0.1) is 0 Å². The van der Waals surface area contributed by atoms with Gasteiger partial charge in [0.25, 0.3) is 5.91 Å². The highest BCUT2D eigenvalue weighted by Gasteiger charge is 2.28. The lowest BCUT2D eigenvalue weighted by Crippen LogP contribution is -2.53. The topological polar surface area (TPSA) is 49.6 Å². The first-order valence-corrected chi connectivity index (χ1v) is 6.99. The zero-order valence-corrected chi connectivity index (χ0v) is 12.2. The molecule has 1 atom stereocenters. The molecule has 0 saturated carbocycles. The minimum Gasteiger partial charge on any atom is -0.398 e. The highest BCUT2D eigenvalue weighted by atomic mass is 35.5. The summed E-state index contributed by atoms with van der Waals surface area (Å²) in [6, 6.07) is 5.54. The van der Waals surface area contributed by atoms with Crippen LogP contribution in [0, 0.1) is 0 Å². The first-order chi connectivity index (χ1) is 9.04. The van der Waals surface area contributed by atoms with Crippen LogP contribution in [0.3, 0.4) is 0 Å². The van der Waals surface area contributed by atoms with Crippen LogP contribution >= 0.6 is 11.6 Å². The molecule has 2 rings (SSSR count). The third-order valence-corrected chi connectivity index (χ3v) is 4.03. The average molecular weight is 282 g/mol. The lowest BCUT2D eigenvalue weighted by atomic mass is 10.1. The van der Waals surface area contributed by atoms with Gasteiger partial charge in [0.1, 0.15) is 0 Å². The molecular formula is C14H20ClN3O. The molecule has 1 heterocycles. The van der Waals surface area contributed by atoms with Crippen LogP contribution in [0.2, 0.25) is 5.02 Å². The quantitative estimate of drug-likeness (QED) is 0.845. The van der Waals surface area contributed by atoms with E-state index in [0.717, 1.165) is 26.2 Å². The van der Waals surface area contributed by atoms with Crippen molar-refractivity contribution in [3.8, 4) is 0 Å². The van der Waals surface area contributed by atoms with Crippen molar-refractivity contribution >= 4 is 23.2 Å². The zero-order chi connectivity index (χ0) is 14.0. The molecule has 2 N–H and O–H groups in total. The minimum absolute atomic E-state index is 0.0642. The van der Waals surface area contributed by atoms with Crippen LogP contribution in [-0.4, -0.2) is 47.9 Å². The van der Waals surface area contributed by atoms with Gasteiger partial charge in [0.2, 0.25) is 0 Å². The van der Waals surface area contributed by atoms with Gasteiger partial charge < -0.3 is 10.6 Å². The van der Waals surface area contributed by atoms with E-state index in [1.54, 1.807) is 18.2 Å². The summed E-state index contributed by atoms with van der Waals surface area (Å²) < 4.78 is 0. The van der Waals surface area contributed by atoms with Gasteiger partial charge in [-0.05, 0) is 25.6 Å². The monoisotopic (exact) mass is 281 g/mol. The number of halogens is 1. The number of nitrogen functional groups attached to an aromatic ring is 1. The molecule has 0 radical (unpaired) electrons. The van der Waals surface area contributed by atoms with Crippen molar-refractivity contribution in [3.05, 3.63) is 28.8 Å². The smallest absolute Gasteiger partial charge is 0.257 e. The number of benzene rings is 1. The molecule has 0 aliphatic carbocycles. The fourth-order valence-electron chi connectivity index (χ4n) is 2.57. The number of rotatable bonds is 2. The molecule has 1 aliphatic rings. The lowest BCUT2D eigenvalue weighted by molar-refractivity contribution is 0.0529. The predicted octanol–water partition coefficient (Wildman–Crippen LogP) is 2.09. The van der Waals surface area contributed by atoms with Gasteiger partial charge >= 0.3 is 0 Å². The van der Waals surface area contributed by atoms with E-state index < -0.39 is 0 Å². The van der Waals surface area contributed by atoms with E-state index in [4.69, 9.17) is 17.3 Å². The fraction of sp³-hybridized carbons (Fsp3) is 0.500. The van der Waals surface area contributed by atoms with E-state index >= 15 is 0 Å². The third kappa shape index (κ3) is 2.85. The fourth-order valence-corrected chi connectivity index (χ4v) is 2.84. The standard InChI is InChI=1S/C14H20ClN3O/c1-3-17-7-8-18(9-10(17)2)14(19)13-11(15)5-4-6-12(13)16/h4-6,10H,3,7-9,16H2,1-2H3. The average Bonchev–Trinajstić information content (AvgIpc) is 2.38. The molecule has 0 aromatic heterocycles. The van der Waals surface area contributed by atoms with Crippen molar-refractivity contribution in [3.63, 3.8) is 0 Å². The van der Waals surface area contributed by atoms with Gasteiger partial charge in [-0.2, -0.15) is 0 Å². The van der Waals surface area contributed by atoms with Crippen LogP contribution in [0.5, 0.6) is 0 Å². The van der Waals surface area contributed by atoms with Crippen molar-refractivity contribution in [1.29, 1.82) is 0 Å². The summed E-state index contributed by atoms with van der Waals surface area (Å²) in [5.74, 6) is -0.0642. The maximum atomic E-state index is 12.5. The zero-order valence-electron chi connectivity index (χ0n) is 11.4. The Morgan fingerprint density at radius 3 is 2.79 bits per heavy atom. The molecule has 5 heteroatoms. The number of nitrogens with two attached hydrogens (primary N) is 1. The van der Waals surface area contributed by atoms with Crippen molar-refractivity contribution in [2.45, 2.75) is 19.9 Å². The molecule has 104 valence electrons. The Labute approximate surface area is 119 Å². The van der Waals surface area contributed by atoms with E-state index in [1.165, 1.54) is 0 Å². The molecule has 4 nitrogen and oxygen atoms in total. The van der Waals surface area contributed by atoms with Crippen molar-refractivity contribution in [2.24, 2.45) is 0 Å². The van der Waals surface area contributed by atoms with Crippen molar-refractivity contribution in [2.75, 3.05) is 31.9 Å². The van der Waals surface area contributed by atoms with Gasteiger partial charge in [-0.25, -0.2) is 0 Å². The third-order valence-electron chi connectivity index (χ3n) is 3.72. The Balaban J connectivity index is 2.17. The Hall–Kier alpha value is -1.26. The van der Waals surface area contributed by atoms with Crippen LogP contribution in [0.4, 0.5) is 5.69 Å². The number of nitrogens with zero attached hydrogens (tertiary/aromatic N) is 2. The summed E-state index contributed by atoms with van der Waals surface area (Å²) in [4.78, 5) is 16.7. The first-order valence-electron chi connectivity index (χ1n) is 6.62. The van der Waals surface area contributed by atoms with Crippen LogP contribution in [0.15, 0.2) is 18.2 Å². The van der Waals surface area contributed by atoms with Crippen LogP contribution in [0.25, 0.3) is 0 Å². The van der Waals surface area contributed by atoms with Crippen LogP contribution in [-0.2, 0) is 0 Å². The first kappa shape index (κ1) is 14.2. The van der Waals surface area contributed by atoms with E-state index in [0.29, 0.717) is 22.3 Å². The highest BCUT2D eigenvalue weighted by Crippen LogP contribution is 2.24. The number of carbonyl (C=O) groups excluding carboxylic acids is 1. The number of hydrogen-bond acceptors (Lipinski definition) is 3. The Morgan fingerprint density at radius 2 is 2.21 bits per heavy atom. The molecular weight excluding hydrogens is 262 g/mol. The molecule has 19 heavy (non-hydrogen) atoms. The SMILES string of the molecule is CCN1CCN(C(=O)c2c(N)cccc2Cl)CC1C. The molecule has 1 unspecified atom stereocenters. The molecule has 1 amide bonds. The second kappa shape index (κ2) is 5.80. The summed E-state index contributed by atoms with van der Waals surface area (Å²) >= 11 is 6.10. The molecule has 1 saturated heterocycles. The molecule has 0 spiro atoms. The van der Waals surface area contributed by atoms with Crippen LogP contribution in [0.1, 0.15) is 24.2 Å². The molecule has 1 fully saturated rings. The van der Waals surface area contributed by atoms with Gasteiger partial charge in [0.05, 0.1) is 10.6 Å². The van der Waals surface area contributed by atoms with Gasteiger partial charge in [-0.3, -0.25) is 9.69 Å². The lowest BCUT2D eigenvalue weighted by Gasteiger charge is -2.39. The normalized spacial score (nSPS) is 20.6. The summed E-state index contributed by atoms with van der Waals surface area (Å²) in [6.45, 7) is 7.63. The van der Waals surface area contributed by atoms with Crippen molar-refractivity contribution < 1.29 is 4.79 Å². The number of hydrogen-bond donors (Lipinski definition) is 1. The maximum Gasteiger partial charge on any atom is 0.257 e. The number of carbonyl (C=O) groups is 1. The summed E-state index contributed by atoms with van der Waals surface area (Å²) in [5, 5.41) is 0.426. The number of anilines is 1. The number of likely N-dealkylation sites (N-methyl/N-ethyl adjacent to an activating group) is 1.